The van der Waals surface area contributed by atoms with Crippen LogP contribution in [0.1, 0.15) is 6.92 Å². The van der Waals surface area contributed by atoms with Crippen molar-refractivity contribution in [3.05, 3.63) is 18.6 Å². The van der Waals surface area contributed by atoms with E-state index in [4.69, 9.17) is 6.92 Å². The van der Waals surface area contributed by atoms with Crippen LogP contribution in [0.5, 0.6) is 0 Å². The fourth-order valence-electron chi connectivity index (χ4n) is 0.289. The maximum Gasteiger partial charge on any atom is 0.264 e. The first-order valence-electron chi connectivity index (χ1n) is 2.68. The lowest BCUT2D eigenvalue weighted by molar-refractivity contribution is 0.361. The number of allylic oxidation sites excluding steroid dienone is 1. The molecule has 0 aromatic rings. The minimum atomic E-state index is -3.32. The SMILES string of the molecule is [CH]C(C)=CCOS(C)(=O)=O. The second-order valence-electron chi connectivity index (χ2n) is 1.94. The summed E-state index contributed by atoms with van der Waals surface area (Å²) in [5.41, 5.74) is 0.545. The van der Waals surface area contributed by atoms with Gasteiger partial charge < -0.3 is 0 Å². The minimum absolute atomic E-state index is 0.0150. The Morgan fingerprint density at radius 3 is 2.50 bits per heavy atom. The van der Waals surface area contributed by atoms with E-state index in [0.29, 0.717) is 5.57 Å². The summed E-state index contributed by atoms with van der Waals surface area (Å²) in [6.45, 7) is 6.88. The fourth-order valence-corrected chi connectivity index (χ4v) is 0.604. The van der Waals surface area contributed by atoms with Crippen molar-refractivity contribution in [3.8, 4) is 0 Å². The molecule has 0 N–H and O–H groups in total. The third kappa shape index (κ3) is 7.65. The van der Waals surface area contributed by atoms with E-state index >= 15 is 0 Å². The van der Waals surface area contributed by atoms with E-state index in [1.54, 1.807) is 6.92 Å². The molecule has 4 heteroatoms. The van der Waals surface area contributed by atoms with Crippen molar-refractivity contribution in [3.63, 3.8) is 0 Å². The van der Waals surface area contributed by atoms with Crippen LogP contribution in [0.25, 0.3) is 0 Å². The van der Waals surface area contributed by atoms with Crippen LogP contribution in [0, 0.1) is 6.92 Å². The minimum Gasteiger partial charge on any atom is -0.266 e. The van der Waals surface area contributed by atoms with Gasteiger partial charge in [0.25, 0.3) is 10.1 Å². The molecule has 3 nitrogen and oxygen atoms in total. The van der Waals surface area contributed by atoms with Gasteiger partial charge in [0.15, 0.2) is 0 Å². The van der Waals surface area contributed by atoms with Gasteiger partial charge in [-0.25, -0.2) is 0 Å². The van der Waals surface area contributed by atoms with E-state index in [1.807, 2.05) is 0 Å². The van der Waals surface area contributed by atoms with Crippen LogP contribution in [-0.2, 0) is 14.3 Å². The van der Waals surface area contributed by atoms with Crippen molar-refractivity contribution < 1.29 is 12.6 Å². The summed E-state index contributed by atoms with van der Waals surface area (Å²) in [5, 5.41) is 0. The van der Waals surface area contributed by atoms with Crippen LogP contribution >= 0.6 is 0 Å². The van der Waals surface area contributed by atoms with E-state index in [0.717, 1.165) is 6.26 Å². The highest BCUT2D eigenvalue weighted by molar-refractivity contribution is 7.85. The molecule has 0 atom stereocenters. The van der Waals surface area contributed by atoms with E-state index < -0.39 is 10.1 Å². The Morgan fingerprint density at radius 2 is 2.20 bits per heavy atom. The number of rotatable bonds is 3. The smallest absolute Gasteiger partial charge is 0.264 e. The molecule has 0 aromatic carbocycles. The zero-order valence-corrected chi connectivity index (χ0v) is 6.81. The lowest BCUT2D eigenvalue weighted by Gasteiger charge is -1.94. The molecule has 0 rings (SSSR count). The maximum atomic E-state index is 10.3. The highest BCUT2D eigenvalue weighted by atomic mass is 32.2. The largest absolute Gasteiger partial charge is 0.266 e. The highest BCUT2D eigenvalue weighted by Crippen LogP contribution is 1.91. The first-order chi connectivity index (χ1) is 4.42. The van der Waals surface area contributed by atoms with Crippen LogP contribution < -0.4 is 0 Å². The lowest BCUT2D eigenvalue weighted by atomic mass is 10.3. The second kappa shape index (κ2) is 3.73. The molecular formula is C6H10O3S. The summed E-state index contributed by atoms with van der Waals surface area (Å²) >= 11 is 0. The standard InChI is InChI=1S/C6H10O3S/c1-6(2)4-5-9-10(3,7)8/h1,4H,5H2,2-3H3. The number of hydrogen-bond donors (Lipinski definition) is 0. The quantitative estimate of drug-likeness (QED) is 0.571. The maximum absolute atomic E-state index is 10.3. The highest BCUT2D eigenvalue weighted by Gasteiger charge is 1.97. The van der Waals surface area contributed by atoms with Crippen molar-refractivity contribution >= 4 is 10.1 Å². The van der Waals surface area contributed by atoms with Gasteiger partial charge in [0.1, 0.15) is 0 Å². The summed E-state index contributed by atoms with van der Waals surface area (Å²) in [6.07, 6.45) is 2.48. The Morgan fingerprint density at radius 1 is 1.70 bits per heavy atom. The molecule has 0 saturated heterocycles. The van der Waals surface area contributed by atoms with Gasteiger partial charge >= 0.3 is 0 Å². The van der Waals surface area contributed by atoms with Gasteiger partial charge in [-0.1, -0.05) is 11.6 Å². The van der Waals surface area contributed by atoms with E-state index in [9.17, 15) is 8.42 Å². The first-order valence-corrected chi connectivity index (χ1v) is 4.50. The van der Waals surface area contributed by atoms with Crippen LogP contribution in [-0.4, -0.2) is 21.3 Å². The lowest BCUT2D eigenvalue weighted by Crippen LogP contribution is -2.02. The van der Waals surface area contributed by atoms with Crippen molar-refractivity contribution in [2.45, 2.75) is 6.92 Å². The Balaban J connectivity index is 3.69. The molecule has 0 amide bonds. The van der Waals surface area contributed by atoms with Gasteiger partial charge in [0.05, 0.1) is 12.9 Å². The number of hydrogen-bond acceptors (Lipinski definition) is 3. The van der Waals surface area contributed by atoms with Crippen molar-refractivity contribution in [1.82, 2.24) is 0 Å². The average molecular weight is 162 g/mol. The average Bonchev–Trinajstić information content (AvgIpc) is 1.59. The Labute approximate surface area is 61.8 Å². The molecule has 0 aliphatic heterocycles. The first kappa shape index (κ1) is 9.65. The molecule has 0 saturated carbocycles. The molecule has 0 bridgehead atoms. The Bertz CT molecular complexity index is 209. The normalized spacial score (nSPS) is 13.7. The van der Waals surface area contributed by atoms with Crippen LogP contribution in [0.15, 0.2) is 11.6 Å². The molecular weight excluding hydrogens is 152 g/mol. The fraction of sp³-hybridized carbons (Fsp3) is 0.500. The molecule has 0 unspecified atom stereocenters. The summed E-state index contributed by atoms with van der Waals surface area (Å²) in [7, 11) is -3.32. The molecule has 2 radical (unpaired) electrons. The predicted octanol–water partition coefficient (Wildman–Crippen LogP) is 0.620. The van der Waals surface area contributed by atoms with Gasteiger partial charge in [-0.15, -0.1) is 0 Å². The third-order valence-corrected chi connectivity index (χ3v) is 1.25. The van der Waals surface area contributed by atoms with Crippen molar-refractivity contribution in [1.29, 1.82) is 0 Å². The molecule has 0 aliphatic carbocycles. The predicted molar refractivity (Wildman–Crippen MR) is 38.9 cm³/mol. The molecule has 0 spiro atoms. The van der Waals surface area contributed by atoms with E-state index in [2.05, 4.69) is 4.18 Å². The Kier molecular flexibility index (Phi) is 3.60. The summed E-state index contributed by atoms with van der Waals surface area (Å²) < 4.78 is 25.0. The van der Waals surface area contributed by atoms with Gasteiger partial charge in [0, 0.05) is 0 Å². The molecule has 0 fully saturated rings. The van der Waals surface area contributed by atoms with Crippen molar-refractivity contribution in [2.75, 3.05) is 12.9 Å². The van der Waals surface area contributed by atoms with E-state index in [1.165, 1.54) is 6.08 Å². The molecule has 10 heavy (non-hydrogen) atoms. The van der Waals surface area contributed by atoms with Crippen LogP contribution in [0.4, 0.5) is 0 Å². The monoisotopic (exact) mass is 162 g/mol. The van der Waals surface area contributed by atoms with Gasteiger partial charge in [-0.3, -0.25) is 4.18 Å². The molecule has 0 aromatic heterocycles. The molecule has 58 valence electrons. The van der Waals surface area contributed by atoms with Gasteiger partial charge in [0.2, 0.25) is 0 Å². The van der Waals surface area contributed by atoms with Gasteiger partial charge in [-0.2, -0.15) is 8.42 Å². The van der Waals surface area contributed by atoms with Crippen LogP contribution in [0.2, 0.25) is 0 Å². The molecule has 0 heterocycles. The zero-order chi connectivity index (χ0) is 8.20. The summed E-state index contributed by atoms with van der Waals surface area (Å²) in [6, 6.07) is 0. The third-order valence-electron chi connectivity index (χ3n) is 0.687. The van der Waals surface area contributed by atoms with Crippen molar-refractivity contribution in [2.24, 2.45) is 0 Å². The topological polar surface area (TPSA) is 43.4 Å². The van der Waals surface area contributed by atoms with E-state index in [-0.39, 0.29) is 6.61 Å². The summed E-state index contributed by atoms with van der Waals surface area (Å²) in [4.78, 5) is 0. The van der Waals surface area contributed by atoms with Gasteiger partial charge in [-0.05, 0) is 13.8 Å². The summed E-state index contributed by atoms with van der Waals surface area (Å²) in [5.74, 6) is 0. The van der Waals surface area contributed by atoms with Crippen LogP contribution in [0.3, 0.4) is 0 Å². The Hall–Kier alpha value is -0.350. The second-order valence-corrected chi connectivity index (χ2v) is 3.58. The molecule has 0 aliphatic rings. The zero-order valence-electron chi connectivity index (χ0n) is 5.99.